The molecule has 0 spiro atoms. The van der Waals surface area contributed by atoms with Crippen LogP contribution < -0.4 is 5.32 Å². The van der Waals surface area contributed by atoms with Gasteiger partial charge < -0.3 is 5.32 Å². The molecule has 1 aliphatic rings. The lowest BCUT2D eigenvalue weighted by molar-refractivity contribution is 0.540. The minimum Gasteiger partial charge on any atom is -0.344 e. The predicted octanol–water partition coefficient (Wildman–Crippen LogP) is 1.20. The van der Waals surface area contributed by atoms with Crippen molar-refractivity contribution in [3.05, 3.63) is 35.9 Å². The third-order valence-corrected chi connectivity index (χ3v) is 2.26. The van der Waals surface area contributed by atoms with E-state index in [9.17, 15) is 4.79 Å². The Hall–Kier alpha value is -1.31. The first-order chi connectivity index (χ1) is 5.92. The molecule has 0 aromatic heterocycles. The molecule has 2 heteroatoms. The molecule has 0 aliphatic heterocycles. The van der Waals surface area contributed by atoms with Gasteiger partial charge in [0.1, 0.15) is 0 Å². The fourth-order valence-electron chi connectivity index (χ4n) is 1.50. The molecular weight excluding hydrogens is 150 g/mol. The molecule has 1 amide bonds. The van der Waals surface area contributed by atoms with Gasteiger partial charge in [-0.1, -0.05) is 30.3 Å². The number of hydrogen-bond donors (Lipinski definition) is 1. The summed E-state index contributed by atoms with van der Waals surface area (Å²) in [7, 11) is 0. The van der Waals surface area contributed by atoms with Crippen LogP contribution in [0.3, 0.4) is 0 Å². The second-order valence-corrected chi connectivity index (χ2v) is 3.11. The van der Waals surface area contributed by atoms with Gasteiger partial charge >= 0.3 is 6.41 Å². The molecular formula is C10H10NO. The largest absolute Gasteiger partial charge is 0.344 e. The Morgan fingerprint density at radius 3 is 2.75 bits per heavy atom. The molecule has 1 aromatic rings. The zero-order valence-corrected chi connectivity index (χ0v) is 6.66. The van der Waals surface area contributed by atoms with Crippen molar-refractivity contribution in [3.63, 3.8) is 0 Å². The minimum atomic E-state index is 0.324. The van der Waals surface area contributed by atoms with Crippen molar-refractivity contribution >= 4 is 6.41 Å². The van der Waals surface area contributed by atoms with Gasteiger partial charge in [0.15, 0.2) is 0 Å². The Labute approximate surface area is 71.6 Å². The van der Waals surface area contributed by atoms with Gasteiger partial charge in [-0.2, -0.15) is 0 Å². The van der Waals surface area contributed by atoms with E-state index in [1.54, 1.807) is 6.41 Å². The zero-order valence-electron chi connectivity index (χ0n) is 6.66. The van der Waals surface area contributed by atoms with Crippen molar-refractivity contribution in [2.45, 2.75) is 18.4 Å². The maximum absolute atomic E-state index is 10.00. The first-order valence-corrected chi connectivity index (χ1v) is 4.09. The molecule has 0 saturated heterocycles. The third kappa shape index (κ3) is 1.33. The fourth-order valence-corrected chi connectivity index (χ4v) is 1.50. The molecule has 1 aromatic carbocycles. The van der Waals surface area contributed by atoms with Crippen molar-refractivity contribution in [2.75, 3.05) is 0 Å². The number of hydrogen-bond acceptors (Lipinski definition) is 1. The van der Waals surface area contributed by atoms with Gasteiger partial charge in [0, 0.05) is 12.0 Å². The molecule has 12 heavy (non-hydrogen) atoms. The Bertz CT molecular complexity index is 270. The quantitative estimate of drug-likeness (QED) is 0.661. The van der Waals surface area contributed by atoms with Gasteiger partial charge in [0.05, 0.1) is 0 Å². The summed E-state index contributed by atoms with van der Waals surface area (Å²) < 4.78 is 0. The lowest BCUT2D eigenvalue weighted by Gasteiger charge is -1.97. The summed E-state index contributed by atoms with van der Waals surface area (Å²) in [5.74, 6) is 0.521. The van der Waals surface area contributed by atoms with E-state index in [2.05, 4.69) is 17.4 Å². The van der Waals surface area contributed by atoms with Crippen LogP contribution in [0.1, 0.15) is 17.9 Å². The van der Waals surface area contributed by atoms with E-state index in [1.165, 1.54) is 5.56 Å². The molecule has 0 bridgehead atoms. The standard InChI is InChI=1S/C10H10NO/c12-7-11-10-6-9(10)8-4-2-1-3-5-8/h1-5,9-10H,6H2,(H,11,12)/t9-,10+/m0/s1. The summed E-state index contributed by atoms with van der Waals surface area (Å²) in [4.78, 5) is 10.00. The van der Waals surface area contributed by atoms with Crippen molar-refractivity contribution in [1.29, 1.82) is 0 Å². The highest BCUT2D eigenvalue weighted by Crippen LogP contribution is 2.40. The number of nitrogens with one attached hydrogen (secondary N) is 1. The molecule has 0 heterocycles. The molecule has 61 valence electrons. The van der Waals surface area contributed by atoms with Crippen molar-refractivity contribution in [2.24, 2.45) is 0 Å². The van der Waals surface area contributed by atoms with Crippen LogP contribution in [0.2, 0.25) is 0 Å². The maximum Gasteiger partial charge on any atom is 0.309 e. The third-order valence-electron chi connectivity index (χ3n) is 2.26. The van der Waals surface area contributed by atoms with Gasteiger partial charge in [-0.25, -0.2) is 0 Å². The van der Waals surface area contributed by atoms with E-state index in [1.807, 2.05) is 18.2 Å². The van der Waals surface area contributed by atoms with E-state index in [-0.39, 0.29) is 0 Å². The SMILES string of the molecule is O=[C]N[C@@H]1C[C@H]1c1ccccc1. The van der Waals surface area contributed by atoms with Crippen LogP contribution in [0.4, 0.5) is 0 Å². The molecule has 1 fully saturated rings. The van der Waals surface area contributed by atoms with Crippen LogP contribution in [-0.2, 0) is 4.79 Å². The molecule has 2 atom stereocenters. The van der Waals surface area contributed by atoms with Crippen LogP contribution in [0.25, 0.3) is 0 Å². The number of carbonyl (C=O) groups excluding carboxylic acids is 1. The lowest BCUT2D eigenvalue weighted by atomic mass is 10.1. The smallest absolute Gasteiger partial charge is 0.309 e. The van der Waals surface area contributed by atoms with Crippen LogP contribution in [0.15, 0.2) is 30.3 Å². The van der Waals surface area contributed by atoms with E-state index in [4.69, 9.17) is 0 Å². The molecule has 0 unspecified atom stereocenters. The van der Waals surface area contributed by atoms with Crippen molar-refractivity contribution < 1.29 is 4.79 Å². The average molecular weight is 160 g/mol. The summed E-state index contributed by atoms with van der Waals surface area (Å²) in [5.41, 5.74) is 1.31. The highest BCUT2D eigenvalue weighted by Gasteiger charge is 2.37. The number of amides is 1. The topological polar surface area (TPSA) is 29.1 Å². The predicted molar refractivity (Wildman–Crippen MR) is 46.4 cm³/mol. The van der Waals surface area contributed by atoms with Gasteiger partial charge in [0.2, 0.25) is 0 Å². The normalized spacial score (nSPS) is 26.3. The maximum atomic E-state index is 10.00. The molecule has 1 N–H and O–H groups in total. The molecule has 1 radical (unpaired) electrons. The molecule has 2 nitrogen and oxygen atoms in total. The average Bonchev–Trinajstić information content (AvgIpc) is 2.87. The number of rotatable bonds is 3. The summed E-state index contributed by atoms with van der Waals surface area (Å²) in [6.45, 7) is 0. The Morgan fingerprint density at radius 2 is 2.08 bits per heavy atom. The Balaban J connectivity index is 2.01. The molecule has 1 saturated carbocycles. The zero-order chi connectivity index (χ0) is 8.39. The van der Waals surface area contributed by atoms with Crippen molar-refractivity contribution in [3.8, 4) is 0 Å². The Morgan fingerprint density at radius 1 is 1.33 bits per heavy atom. The van der Waals surface area contributed by atoms with Gasteiger partial charge in [-0.15, -0.1) is 0 Å². The second-order valence-electron chi connectivity index (χ2n) is 3.11. The van der Waals surface area contributed by atoms with E-state index in [0.29, 0.717) is 12.0 Å². The monoisotopic (exact) mass is 160 g/mol. The van der Waals surface area contributed by atoms with Crippen molar-refractivity contribution in [1.82, 2.24) is 5.32 Å². The van der Waals surface area contributed by atoms with E-state index >= 15 is 0 Å². The minimum absolute atomic E-state index is 0.324. The highest BCUT2D eigenvalue weighted by molar-refractivity contribution is 5.50. The number of benzene rings is 1. The van der Waals surface area contributed by atoms with Crippen LogP contribution >= 0.6 is 0 Å². The lowest BCUT2D eigenvalue weighted by Crippen LogP contribution is -2.14. The van der Waals surface area contributed by atoms with E-state index < -0.39 is 0 Å². The molecule has 2 rings (SSSR count). The first kappa shape index (κ1) is 7.35. The fraction of sp³-hybridized carbons (Fsp3) is 0.300. The summed E-state index contributed by atoms with van der Waals surface area (Å²) in [6.07, 6.45) is 2.78. The summed E-state index contributed by atoms with van der Waals surface area (Å²) in [6, 6.07) is 10.6. The van der Waals surface area contributed by atoms with Gasteiger partial charge in [-0.05, 0) is 12.0 Å². The first-order valence-electron chi connectivity index (χ1n) is 4.09. The van der Waals surface area contributed by atoms with Gasteiger partial charge in [0.25, 0.3) is 0 Å². The Kier molecular flexibility index (Phi) is 1.82. The summed E-state index contributed by atoms with van der Waals surface area (Å²) in [5, 5.41) is 2.66. The summed E-state index contributed by atoms with van der Waals surface area (Å²) >= 11 is 0. The second kappa shape index (κ2) is 2.97. The van der Waals surface area contributed by atoms with E-state index in [0.717, 1.165) is 6.42 Å². The highest BCUT2D eigenvalue weighted by atomic mass is 16.1. The molecule has 1 aliphatic carbocycles. The van der Waals surface area contributed by atoms with Gasteiger partial charge in [-0.3, -0.25) is 4.79 Å². The van der Waals surface area contributed by atoms with Crippen LogP contribution in [0, 0.1) is 0 Å². The van der Waals surface area contributed by atoms with Crippen LogP contribution in [-0.4, -0.2) is 12.5 Å². The van der Waals surface area contributed by atoms with Crippen LogP contribution in [0.5, 0.6) is 0 Å².